The van der Waals surface area contributed by atoms with Crippen LogP contribution >= 0.6 is 0 Å². The molecule has 2 N–H and O–H groups in total. The molecule has 0 saturated carbocycles. The van der Waals surface area contributed by atoms with Gasteiger partial charge in [0.1, 0.15) is 5.75 Å². The van der Waals surface area contributed by atoms with E-state index in [-0.39, 0.29) is 24.8 Å². The Morgan fingerprint density at radius 1 is 1.32 bits per heavy atom. The maximum absolute atomic E-state index is 12.3. The first-order valence-electron chi connectivity index (χ1n) is 9.09. The molecule has 0 spiro atoms. The smallest absolute Gasteiger partial charge is 0.317 e. The molecule has 0 bridgehead atoms. The van der Waals surface area contributed by atoms with Crippen molar-refractivity contribution in [3.8, 4) is 5.75 Å². The number of aliphatic hydroxyl groups excluding tert-OH is 1. The standard InChI is InChI=1S/C19H31N3O3/c1-15(2)25-18-6-4-16(5-7-18)8-10-20-19(24)22-12-11-21(3)17(14-22)9-13-23/h4-7,15,17,23H,8-14H2,1-3H3,(H,20,24)/t17-/m0/s1. The van der Waals surface area contributed by atoms with Crippen LogP contribution in [0.4, 0.5) is 4.79 Å². The van der Waals surface area contributed by atoms with Crippen molar-refractivity contribution in [1.82, 2.24) is 15.1 Å². The largest absolute Gasteiger partial charge is 0.491 e. The van der Waals surface area contributed by atoms with E-state index in [0.29, 0.717) is 19.5 Å². The minimum absolute atomic E-state index is 0.0178. The zero-order valence-electron chi connectivity index (χ0n) is 15.6. The van der Waals surface area contributed by atoms with E-state index < -0.39 is 0 Å². The highest BCUT2D eigenvalue weighted by Gasteiger charge is 2.26. The monoisotopic (exact) mass is 349 g/mol. The van der Waals surface area contributed by atoms with Gasteiger partial charge in [0.25, 0.3) is 0 Å². The van der Waals surface area contributed by atoms with Crippen LogP contribution in [0.25, 0.3) is 0 Å². The van der Waals surface area contributed by atoms with E-state index in [0.717, 1.165) is 25.3 Å². The Kier molecular flexibility index (Phi) is 7.52. The van der Waals surface area contributed by atoms with Gasteiger partial charge in [0.2, 0.25) is 0 Å². The highest BCUT2D eigenvalue weighted by Crippen LogP contribution is 2.14. The molecule has 6 nitrogen and oxygen atoms in total. The summed E-state index contributed by atoms with van der Waals surface area (Å²) in [6, 6.07) is 8.23. The maximum atomic E-state index is 12.3. The Labute approximate surface area is 150 Å². The number of piperazine rings is 1. The molecule has 140 valence electrons. The van der Waals surface area contributed by atoms with Gasteiger partial charge in [-0.1, -0.05) is 12.1 Å². The highest BCUT2D eigenvalue weighted by atomic mass is 16.5. The number of nitrogens with zero attached hydrogens (tertiary/aromatic N) is 2. The minimum atomic E-state index is -0.0178. The first-order chi connectivity index (χ1) is 12.0. The normalized spacial score (nSPS) is 18.4. The van der Waals surface area contributed by atoms with Crippen LogP contribution in [0.2, 0.25) is 0 Å². The number of carbonyl (C=O) groups is 1. The lowest BCUT2D eigenvalue weighted by atomic mass is 10.1. The molecule has 25 heavy (non-hydrogen) atoms. The van der Waals surface area contributed by atoms with Crippen LogP contribution in [0.5, 0.6) is 5.75 Å². The molecule has 1 aliphatic rings. The van der Waals surface area contributed by atoms with Gasteiger partial charge in [-0.3, -0.25) is 4.90 Å². The van der Waals surface area contributed by atoms with E-state index >= 15 is 0 Å². The van der Waals surface area contributed by atoms with Gasteiger partial charge in [-0.05, 0) is 51.4 Å². The summed E-state index contributed by atoms with van der Waals surface area (Å²) in [5.74, 6) is 0.871. The quantitative estimate of drug-likeness (QED) is 0.787. The van der Waals surface area contributed by atoms with Crippen molar-refractivity contribution >= 4 is 6.03 Å². The van der Waals surface area contributed by atoms with Gasteiger partial charge in [-0.15, -0.1) is 0 Å². The molecule has 0 aromatic heterocycles. The van der Waals surface area contributed by atoms with Gasteiger partial charge in [0.05, 0.1) is 6.10 Å². The van der Waals surface area contributed by atoms with E-state index in [1.165, 1.54) is 5.56 Å². The van der Waals surface area contributed by atoms with Crippen molar-refractivity contribution in [2.75, 3.05) is 39.8 Å². The Morgan fingerprint density at radius 2 is 2.04 bits per heavy atom. The molecular formula is C19H31N3O3. The van der Waals surface area contributed by atoms with Crippen LogP contribution in [0.1, 0.15) is 25.8 Å². The van der Waals surface area contributed by atoms with Gasteiger partial charge in [0.15, 0.2) is 0 Å². The molecule has 1 heterocycles. The Morgan fingerprint density at radius 3 is 2.68 bits per heavy atom. The number of aliphatic hydroxyl groups is 1. The summed E-state index contributed by atoms with van der Waals surface area (Å²) < 4.78 is 5.63. The first-order valence-corrected chi connectivity index (χ1v) is 9.09. The Balaban J connectivity index is 1.74. The van der Waals surface area contributed by atoms with Crippen LogP contribution in [0.3, 0.4) is 0 Å². The zero-order chi connectivity index (χ0) is 18.2. The third kappa shape index (κ3) is 6.21. The summed E-state index contributed by atoms with van der Waals surface area (Å²) in [5.41, 5.74) is 1.17. The van der Waals surface area contributed by atoms with Crippen molar-refractivity contribution < 1.29 is 14.6 Å². The van der Waals surface area contributed by atoms with Crippen molar-refractivity contribution in [2.24, 2.45) is 0 Å². The number of amides is 2. The lowest BCUT2D eigenvalue weighted by Gasteiger charge is -2.39. The van der Waals surface area contributed by atoms with E-state index in [9.17, 15) is 4.79 Å². The fourth-order valence-corrected chi connectivity index (χ4v) is 3.02. The second-order valence-corrected chi connectivity index (χ2v) is 6.89. The molecule has 0 radical (unpaired) electrons. The van der Waals surface area contributed by atoms with E-state index in [4.69, 9.17) is 9.84 Å². The van der Waals surface area contributed by atoms with Crippen LogP contribution in [0.15, 0.2) is 24.3 Å². The number of hydrogen-bond donors (Lipinski definition) is 2. The summed E-state index contributed by atoms with van der Waals surface area (Å²) in [7, 11) is 2.04. The van der Waals surface area contributed by atoms with E-state index in [1.54, 1.807) is 0 Å². The average molecular weight is 349 g/mol. The van der Waals surface area contributed by atoms with Gasteiger partial charge in [-0.2, -0.15) is 0 Å². The lowest BCUT2D eigenvalue weighted by Crippen LogP contribution is -2.55. The van der Waals surface area contributed by atoms with Crippen molar-refractivity contribution in [3.05, 3.63) is 29.8 Å². The molecule has 2 rings (SSSR count). The summed E-state index contributed by atoms with van der Waals surface area (Å²) in [5, 5.41) is 12.1. The number of urea groups is 1. The first kappa shape index (κ1) is 19.5. The highest BCUT2D eigenvalue weighted by molar-refractivity contribution is 5.74. The molecule has 0 unspecified atom stereocenters. The fourth-order valence-electron chi connectivity index (χ4n) is 3.02. The summed E-state index contributed by atoms with van der Waals surface area (Å²) in [6.45, 7) is 7.02. The van der Waals surface area contributed by atoms with Crippen LogP contribution < -0.4 is 10.1 Å². The molecule has 2 amide bonds. The minimum Gasteiger partial charge on any atom is -0.491 e. The predicted molar refractivity (Wildman–Crippen MR) is 99.0 cm³/mol. The number of nitrogens with one attached hydrogen (secondary N) is 1. The summed E-state index contributed by atoms with van der Waals surface area (Å²) in [6.07, 6.45) is 1.66. The Bertz CT molecular complexity index is 533. The lowest BCUT2D eigenvalue weighted by molar-refractivity contribution is 0.0928. The Hall–Kier alpha value is -1.79. The third-order valence-electron chi connectivity index (χ3n) is 4.51. The van der Waals surface area contributed by atoms with Crippen LogP contribution in [-0.2, 0) is 6.42 Å². The average Bonchev–Trinajstić information content (AvgIpc) is 2.58. The maximum Gasteiger partial charge on any atom is 0.317 e. The number of hydrogen-bond acceptors (Lipinski definition) is 4. The predicted octanol–water partition coefficient (Wildman–Crippen LogP) is 1.72. The van der Waals surface area contributed by atoms with Gasteiger partial charge >= 0.3 is 6.03 Å². The molecule has 1 atom stereocenters. The third-order valence-corrected chi connectivity index (χ3v) is 4.51. The zero-order valence-corrected chi connectivity index (χ0v) is 15.6. The molecule has 1 aromatic carbocycles. The summed E-state index contributed by atoms with van der Waals surface area (Å²) in [4.78, 5) is 16.4. The molecular weight excluding hydrogens is 318 g/mol. The number of ether oxygens (including phenoxy) is 1. The number of rotatable bonds is 7. The topological polar surface area (TPSA) is 65.0 Å². The number of carbonyl (C=O) groups excluding carboxylic acids is 1. The molecule has 1 aliphatic heterocycles. The van der Waals surface area contributed by atoms with Crippen molar-refractivity contribution in [1.29, 1.82) is 0 Å². The fraction of sp³-hybridized carbons (Fsp3) is 0.632. The van der Waals surface area contributed by atoms with Crippen LogP contribution in [0, 0.1) is 0 Å². The number of benzene rings is 1. The molecule has 1 saturated heterocycles. The molecule has 1 aromatic rings. The molecule has 1 fully saturated rings. The van der Waals surface area contributed by atoms with E-state index in [2.05, 4.69) is 10.2 Å². The molecule has 6 heteroatoms. The van der Waals surface area contributed by atoms with Crippen molar-refractivity contribution in [3.63, 3.8) is 0 Å². The molecule has 0 aliphatic carbocycles. The second kappa shape index (κ2) is 9.63. The van der Waals surface area contributed by atoms with Gasteiger partial charge < -0.3 is 20.1 Å². The second-order valence-electron chi connectivity index (χ2n) is 6.89. The van der Waals surface area contributed by atoms with Crippen molar-refractivity contribution in [2.45, 2.75) is 38.8 Å². The van der Waals surface area contributed by atoms with Gasteiger partial charge in [0, 0.05) is 38.8 Å². The van der Waals surface area contributed by atoms with E-state index in [1.807, 2.05) is 50.1 Å². The SMILES string of the molecule is CC(C)Oc1ccc(CCNC(=O)N2CCN(C)[C@@H](CCO)C2)cc1. The summed E-state index contributed by atoms with van der Waals surface area (Å²) >= 11 is 0. The van der Waals surface area contributed by atoms with Crippen LogP contribution in [-0.4, -0.2) is 72.9 Å². The van der Waals surface area contributed by atoms with Gasteiger partial charge in [-0.25, -0.2) is 4.79 Å². The number of likely N-dealkylation sites (N-methyl/N-ethyl adjacent to an activating group) is 1.